The second-order valence-corrected chi connectivity index (χ2v) is 9.48. The van der Waals surface area contributed by atoms with Crippen LogP contribution in [-0.4, -0.2) is 53.1 Å². The molecule has 3 rings (SSSR count). The summed E-state index contributed by atoms with van der Waals surface area (Å²) in [4.78, 5) is 35.5. The lowest BCUT2D eigenvalue weighted by molar-refractivity contribution is -0.384. The zero-order valence-electron chi connectivity index (χ0n) is 13.5. The van der Waals surface area contributed by atoms with Gasteiger partial charge in [-0.3, -0.25) is 19.8 Å². The zero-order chi connectivity index (χ0) is 19.2. The number of nitrogens with zero attached hydrogens (tertiary/aromatic N) is 2. The van der Waals surface area contributed by atoms with Gasteiger partial charge < -0.3 is 9.29 Å². The monoisotopic (exact) mass is 464 g/mol. The maximum Gasteiger partial charge on any atom is 0.334 e. The van der Waals surface area contributed by atoms with Gasteiger partial charge in [-0.05, 0) is 35.8 Å². The minimum atomic E-state index is -1.52. The summed E-state index contributed by atoms with van der Waals surface area (Å²) in [7, 11) is 0. The van der Waals surface area contributed by atoms with Crippen LogP contribution >= 0.6 is 27.5 Å². The molecular formula is C15H14BrClN2O6S. The van der Waals surface area contributed by atoms with E-state index in [1.54, 1.807) is 6.92 Å². The Labute approximate surface area is 165 Å². The van der Waals surface area contributed by atoms with Gasteiger partial charge in [0, 0.05) is 12.1 Å². The summed E-state index contributed by atoms with van der Waals surface area (Å²) in [6.07, 6.45) is 0. The summed E-state index contributed by atoms with van der Waals surface area (Å²) in [6.45, 7) is 1.47. The van der Waals surface area contributed by atoms with Crippen LogP contribution in [0.25, 0.3) is 0 Å². The summed E-state index contributed by atoms with van der Waals surface area (Å²) in [5, 5.41) is 10.0. The van der Waals surface area contributed by atoms with Crippen molar-refractivity contribution in [3.63, 3.8) is 0 Å². The summed E-state index contributed by atoms with van der Waals surface area (Å²) in [5.41, 5.74) is 0.485. The third-order valence-corrected chi connectivity index (χ3v) is 8.75. The number of nitro benzene ring substituents is 1. The molecule has 0 N–H and O–H groups in total. The van der Waals surface area contributed by atoms with Crippen molar-refractivity contribution in [3.05, 3.63) is 39.9 Å². The fraction of sp³-hybridized carbons (Fsp3) is 0.467. The number of nitro groups is 1. The number of alkyl halides is 2. The number of β-lactam (4-membered cyclic amide) rings is 1. The molecule has 2 heterocycles. The van der Waals surface area contributed by atoms with E-state index in [4.69, 9.17) is 16.3 Å². The number of halogens is 2. The molecule has 0 bridgehead atoms. The maximum atomic E-state index is 12.7. The highest BCUT2D eigenvalue weighted by Gasteiger charge is 2.73. The van der Waals surface area contributed by atoms with E-state index < -0.39 is 43.1 Å². The van der Waals surface area contributed by atoms with Crippen LogP contribution in [0.3, 0.4) is 0 Å². The predicted octanol–water partition coefficient (Wildman–Crippen LogP) is 1.70. The third-order valence-electron chi connectivity index (χ3n) is 4.57. The lowest BCUT2D eigenvalue weighted by Gasteiger charge is -2.38. The van der Waals surface area contributed by atoms with Crippen LogP contribution in [0.5, 0.6) is 0 Å². The lowest BCUT2D eigenvalue weighted by Crippen LogP contribution is -2.64. The Hall–Kier alpha value is -1.36. The molecule has 0 radical (unpaired) electrons. The number of hydrogen-bond acceptors (Lipinski definition) is 6. The normalized spacial score (nSPS) is 32.8. The first-order valence-electron chi connectivity index (χ1n) is 7.55. The fourth-order valence-corrected chi connectivity index (χ4v) is 6.45. The number of rotatable bonds is 5. The SMILES string of the molecule is C[C@]1(CCl)[C@H](C(=O)OCc2ccc([N+](=O)[O-])cc2)N2C(=O)[C@H](Br)[C@@H]2[S+]1[O-]. The number of esters is 1. The van der Waals surface area contributed by atoms with E-state index in [1.807, 2.05) is 0 Å². The summed E-state index contributed by atoms with van der Waals surface area (Å²) >= 11 is 7.65. The Balaban J connectivity index is 1.74. The van der Waals surface area contributed by atoms with Crippen LogP contribution in [-0.2, 0) is 32.1 Å². The van der Waals surface area contributed by atoms with Gasteiger partial charge in [0.1, 0.15) is 6.61 Å². The van der Waals surface area contributed by atoms with Crippen molar-refractivity contribution < 1.29 is 23.8 Å². The van der Waals surface area contributed by atoms with Gasteiger partial charge in [0.25, 0.3) is 5.69 Å². The van der Waals surface area contributed by atoms with Crippen molar-refractivity contribution in [2.75, 3.05) is 5.88 Å². The zero-order valence-corrected chi connectivity index (χ0v) is 16.6. The minimum absolute atomic E-state index is 0.0710. The number of fused-ring (bicyclic) bond motifs is 1. The quantitative estimate of drug-likeness (QED) is 0.163. The summed E-state index contributed by atoms with van der Waals surface area (Å²) in [5.74, 6) is -1.10. The minimum Gasteiger partial charge on any atom is -0.614 e. The highest BCUT2D eigenvalue weighted by Crippen LogP contribution is 2.49. The molecule has 1 aromatic carbocycles. The molecule has 11 heteroatoms. The molecule has 2 saturated heterocycles. The number of ether oxygens (including phenoxy) is 1. The summed E-state index contributed by atoms with van der Waals surface area (Å²) < 4.78 is 16.9. The van der Waals surface area contributed by atoms with Crippen molar-refractivity contribution in [2.24, 2.45) is 0 Å². The molecule has 1 unspecified atom stereocenters. The molecular weight excluding hydrogens is 452 g/mol. The van der Waals surface area contributed by atoms with Crippen LogP contribution in [0.4, 0.5) is 5.69 Å². The van der Waals surface area contributed by atoms with Gasteiger partial charge in [0.15, 0.2) is 15.6 Å². The van der Waals surface area contributed by atoms with Gasteiger partial charge >= 0.3 is 5.97 Å². The van der Waals surface area contributed by atoms with Crippen molar-refractivity contribution in [2.45, 2.75) is 34.5 Å². The number of carbonyl (C=O) groups is 2. The molecule has 0 aliphatic carbocycles. The van der Waals surface area contributed by atoms with Gasteiger partial charge in [-0.25, -0.2) is 4.79 Å². The van der Waals surface area contributed by atoms with Gasteiger partial charge in [0.05, 0.1) is 10.8 Å². The van der Waals surface area contributed by atoms with Crippen LogP contribution in [0.15, 0.2) is 24.3 Å². The van der Waals surface area contributed by atoms with E-state index in [0.717, 1.165) is 0 Å². The van der Waals surface area contributed by atoms with Crippen LogP contribution < -0.4 is 0 Å². The topological polar surface area (TPSA) is 113 Å². The highest BCUT2D eigenvalue weighted by atomic mass is 79.9. The average Bonchev–Trinajstić information content (AvgIpc) is 2.85. The molecule has 1 amide bonds. The van der Waals surface area contributed by atoms with Gasteiger partial charge in [-0.15, -0.1) is 11.6 Å². The number of hydrogen-bond donors (Lipinski definition) is 0. The molecule has 5 atom stereocenters. The molecule has 1 aromatic rings. The largest absolute Gasteiger partial charge is 0.614 e. The molecule has 0 saturated carbocycles. The van der Waals surface area contributed by atoms with Crippen LogP contribution in [0, 0.1) is 10.1 Å². The Morgan fingerprint density at radius 1 is 1.46 bits per heavy atom. The third kappa shape index (κ3) is 2.88. The molecule has 2 aliphatic heterocycles. The Kier molecular flexibility index (Phi) is 5.22. The number of amides is 1. The Bertz CT molecular complexity index is 765. The van der Waals surface area contributed by atoms with E-state index in [2.05, 4.69) is 15.9 Å². The van der Waals surface area contributed by atoms with E-state index in [1.165, 1.54) is 29.2 Å². The van der Waals surface area contributed by atoms with Crippen LogP contribution in [0.1, 0.15) is 12.5 Å². The molecule has 140 valence electrons. The van der Waals surface area contributed by atoms with Gasteiger partial charge in [-0.1, -0.05) is 15.9 Å². The van der Waals surface area contributed by atoms with Gasteiger partial charge in [-0.2, -0.15) is 0 Å². The number of carbonyl (C=O) groups excluding carboxylic acids is 2. The van der Waals surface area contributed by atoms with Gasteiger partial charge in [0.2, 0.25) is 11.3 Å². The second kappa shape index (κ2) is 6.99. The molecule has 0 spiro atoms. The number of benzene rings is 1. The standard InChI is InChI=1S/C15H14BrClN2O6S/c1-15(7-17)11(18-12(20)10(16)13(18)26(15)24)14(21)25-6-8-2-4-9(5-3-8)19(22)23/h2-5,10-11,13H,6-7H2,1H3/t10-,11-,13-,15-,26?/m0/s1. The summed E-state index contributed by atoms with van der Waals surface area (Å²) in [6, 6.07) is 4.53. The van der Waals surface area contributed by atoms with Crippen molar-refractivity contribution in [1.82, 2.24) is 4.90 Å². The molecule has 2 aliphatic rings. The first-order chi connectivity index (χ1) is 12.2. The predicted molar refractivity (Wildman–Crippen MR) is 97.3 cm³/mol. The molecule has 26 heavy (non-hydrogen) atoms. The first-order valence-corrected chi connectivity index (χ1v) is 10.2. The molecule has 2 fully saturated rings. The fourth-order valence-electron chi connectivity index (χ4n) is 3.05. The molecule has 0 aromatic heterocycles. The van der Waals surface area contributed by atoms with E-state index in [-0.39, 0.29) is 24.1 Å². The first kappa shape index (κ1) is 19.4. The van der Waals surface area contributed by atoms with Crippen molar-refractivity contribution in [3.8, 4) is 0 Å². The Morgan fingerprint density at radius 2 is 2.08 bits per heavy atom. The second-order valence-electron chi connectivity index (χ2n) is 6.22. The van der Waals surface area contributed by atoms with E-state index in [0.29, 0.717) is 5.56 Å². The molecule has 8 nitrogen and oxygen atoms in total. The van der Waals surface area contributed by atoms with E-state index >= 15 is 0 Å². The van der Waals surface area contributed by atoms with E-state index in [9.17, 15) is 24.3 Å². The average molecular weight is 466 g/mol. The number of non-ortho nitro benzene ring substituents is 1. The Morgan fingerprint density at radius 3 is 2.62 bits per heavy atom. The highest BCUT2D eigenvalue weighted by molar-refractivity contribution is 9.10. The maximum absolute atomic E-state index is 12.7. The lowest BCUT2D eigenvalue weighted by atomic mass is 9.98. The smallest absolute Gasteiger partial charge is 0.334 e. The van der Waals surface area contributed by atoms with Crippen molar-refractivity contribution in [1.29, 1.82) is 0 Å². The van der Waals surface area contributed by atoms with Crippen molar-refractivity contribution >= 4 is 56.3 Å². The van der Waals surface area contributed by atoms with Crippen LogP contribution in [0.2, 0.25) is 0 Å².